The maximum absolute atomic E-state index is 12.1. The van der Waals surface area contributed by atoms with Crippen molar-refractivity contribution in [1.82, 2.24) is 10.2 Å². The number of halogens is 1. The second kappa shape index (κ2) is 6.24. The standard InChI is InChI=1S/C14H18ClN3O2/c1-17(2)7-3-6-16-14(20)18-12-5-4-11(15)8-10(12)9-13(18)19/h4-5,8H,3,6-7,9H2,1-2H3,(H,16,20). The van der Waals surface area contributed by atoms with Gasteiger partial charge in [0.2, 0.25) is 5.91 Å². The van der Waals surface area contributed by atoms with E-state index in [2.05, 4.69) is 5.32 Å². The van der Waals surface area contributed by atoms with Crippen LogP contribution >= 0.6 is 11.6 Å². The number of hydrogen-bond acceptors (Lipinski definition) is 3. The molecule has 1 aliphatic heterocycles. The molecule has 6 heteroatoms. The summed E-state index contributed by atoms with van der Waals surface area (Å²) in [5.41, 5.74) is 1.43. The largest absolute Gasteiger partial charge is 0.337 e. The number of rotatable bonds is 4. The smallest absolute Gasteiger partial charge is 0.328 e. The van der Waals surface area contributed by atoms with Crippen LogP contribution in [0.2, 0.25) is 5.02 Å². The average molecular weight is 296 g/mol. The molecule has 1 N–H and O–H groups in total. The number of carbonyl (C=O) groups is 2. The van der Waals surface area contributed by atoms with Gasteiger partial charge in [-0.1, -0.05) is 11.6 Å². The molecule has 2 rings (SSSR count). The number of hydrogen-bond donors (Lipinski definition) is 1. The van der Waals surface area contributed by atoms with Crippen LogP contribution in [0.3, 0.4) is 0 Å². The number of benzene rings is 1. The maximum Gasteiger partial charge on any atom is 0.328 e. The molecular weight excluding hydrogens is 278 g/mol. The number of nitrogens with zero attached hydrogens (tertiary/aromatic N) is 2. The number of anilines is 1. The molecule has 1 aromatic rings. The summed E-state index contributed by atoms with van der Waals surface area (Å²) in [5.74, 6) is -0.215. The molecule has 0 bridgehead atoms. The third kappa shape index (κ3) is 3.29. The van der Waals surface area contributed by atoms with Crippen molar-refractivity contribution in [3.63, 3.8) is 0 Å². The summed E-state index contributed by atoms with van der Waals surface area (Å²) >= 11 is 5.90. The van der Waals surface area contributed by atoms with E-state index in [9.17, 15) is 9.59 Å². The first kappa shape index (κ1) is 14.8. The monoisotopic (exact) mass is 295 g/mol. The fourth-order valence-electron chi connectivity index (χ4n) is 2.18. The first-order valence-corrected chi connectivity index (χ1v) is 6.91. The summed E-state index contributed by atoms with van der Waals surface area (Å²) in [6.07, 6.45) is 1.06. The lowest BCUT2D eigenvalue weighted by atomic mass is 10.2. The van der Waals surface area contributed by atoms with Gasteiger partial charge in [-0.2, -0.15) is 0 Å². The third-order valence-corrected chi connectivity index (χ3v) is 3.37. The first-order valence-electron chi connectivity index (χ1n) is 6.53. The van der Waals surface area contributed by atoms with Crippen molar-refractivity contribution >= 4 is 29.2 Å². The predicted molar refractivity (Wildman–Crippen MR) is 79.2 cm³/mol. The molecular formula is C14H18ClN3O2. The van der Waals surface area contributed by atoms with Crippen molar-refractivity contribution in [2.24, 2.45) is 0 Å². The Kier molecular flexibility index (Phi) is 4.62. The van der Waals surface area contributed by atoms with E-state index in [1.54, 1.807) is 18.2 Å². The van der Waals surface area contributed by atoms with Gasteiger partial charge >= 0.3 is 6.03 Å². The fraction of sp³-hybridized carbons (Fsp3) is 0.429. The van der Waals surface area contributed by atoms with E-state index < -0.39 is 0 Å². The first-order chi connectivity index (χ1) is 9.49. The zero-order chi connectivity index (χ0) is 14.7. The zero-order valence-electron chi connectivity index (χ0n) is 11.6. The lowest BCUT2D eigenvalue weighted by Gasteiger charge is -2.17. The van der Waals surface area contributed by atoms with Gasteiger partial charge in [-0.05, 0) is 50.8 Å². The number of carbonyl (C=O) groups excluding carboxylic acids is 2. The highest BCUT2D eigenvalue weighted by atomic mass is 35.5. The summed E-state index contributed by atoms with van der Waals surface area (Å²) in [6, 6.07) is 4.76. The van der Waals surface area contributed by atoms with Crippen LogP contribution in [0.5, 0.6) is 0 Å². The lowest BCUT2D eigenvalue weighted by molar-refractivity contribution is -0.116. The Hall–Kier alpha value is -1.59. The van der Waals surface area contributed by atoms with E-state index >= 15 is 0 Å². The molecule has 0 saturated carbocycles. The second-order valence-corrected chi connectivity index (χ2v) is 5.50. The molecule has 0 saturated heterocycles. The van der Waals surface area contributed by atoms with Crippen LogP contribution in [0.25, 0.3) is 0 Å². The van der Waals surface area contributed by atoms with Crippen molar-refractivity contribution < 1.29 is 9.59 Å². The number of nitrogens with one attached hydrogen (secondary N) is 1. The molecule has 108 valence electrons. The van der Waals surface area contributed by atoms with Gasteiger partial charge in [-0.25, -0.2) is 9.69 Å². The molecule has 5 nitrogen and oxygen atoms in total. The van der Waals surface area contributed by atoms with Gasteiger partial charge in [0.25, 0.3) is 0 Å². The van der Waals surface area contributed by atoms with Crippen LogP contribution in [0.1, 0.15) is 12.0 Å². The molecule has 3 amide bonds. The predicted octanol–water partition coefficient (Wildman–Crippen LogP) is 1.89. The zero-order valence-corrected chi connectivity index (χ0v) is 12.4. The summed E-state index contributed by atoms with van der Waals surface area (Å²) in [6.45, 7) is 1.43. The minimum absolute atomic E-state index is 0.215. The molecule has 0 atom stereocenters. The molecule has 0 radical (unpaired) electrons. The highest BCUT2D eigenvalue weighted by Gasteiger charge is 2.32. The van der Waals surface area contributed by atoms with Gasteiger partial charge in [-0.3, -0.25) is 4.79 Å². The topological polar surface area (TPSA) is 52.7 Å². The Morgan fingerprint density at radius 2 is 2.20 bits per heavy atom. The number of imide groups is 1. The second-order valence-electron chi connectivity index (χ2n) is 5.07. The van der Waals surface area contributed by atoms with Crippen LogP contribution in [0, 0.1) is 0 Å². The van der Waals surface area contributed by atoms with Crippen molar-refractivity contribution in [3.05, 3.63) is 28.8 Å². The van der Waals surface area contributed by atoms with E-state index in [4.69, 9.17) is 11.6 Å². The van der Waals surface area contributed by atoms with Gasteiger partial charge < -0.3 is 10.2 Å². The SMILES string of the molecule is CN(C)CCCNC(=O)N1C(=O)Cc2cc(Cl)ccc21. The lowest BCUT2D eigenvalue weighted by Crippen LogP contribution is -2.42. The highest BCUT2D eigenvalue weighted by molar-refractivity contribution is 6.31. The summed E-state index contributed by atoms with van der Waals surface area (Å²) < 4.78 is 0. The van der Waals surface area contributed by atoms with E-state index in [1.165, 1.54) is 4.90 Å². The molecule has 0 spiro atoms. The molecule has 0 aliphatic carbocycles. The molecule has 0 aromatic heterocycles. The number of urea groups is 1. The van der Waals surface area contributed by atoms with Crippen LogP contribution in [-0.4, -0.2) is 44.0 Å². The van der Waals surface area contributed by atoms with Crippen molar-refractivity contribution in [1.29, 1.82) is 0 Å². The molecule has 0 fully saturated rings. The maximum atomic E-state index is 12.1. The summed E-state index contributed by atoms with van der Waals surface area (Å²) in [7, 11) is 3.96. The van der Waals surface area contributed by atoms with Crippen molar-refractivity contribution in [2.45, 2.75) is 12.8 Å². The molecule has 20 heavy (non-hydrogen) atoms. The Labute approximate surface area is 123 Å². The number of fused-ring (bicyclic) bond motifs is 1. The van der Waals surface area contributed by atoms with Crippen molar-refractivity contribution in [2.75, 3.05) is 32.1 Å². The highest BCUT2D eigenvalue weighted by Crippen LogP contribution is 2.31. The Morgan fingerprint density at radius 3 is 2.90 bits per heavy atom. The fourth-order valence-corrected chi connectivity index (χ4v) is 2.38. The van der Waals surface area contributed by atoms with E-state index in [-0.39, 0.29) is 18.4 Å². The Balaban J connectivity index is 1.99. The van der Waals surface area contributed by atoms with Gasteiger partial charge in [-0.15, -0.1) is 0 Å². The van der Waals surface area contributed by atoms with E-state index in [0.29, 0.717) is 17.3 Å². The van der Waals surface area contributed by atoms with Gasteiger partial charge in [0.05, 0.1) is 12.1 Å². The van der Waals surface area contributed by atoms with Crippen LogP contribution < -0.4 is 10.2 Å². The van der Waals surface area contributed by atoms with E-state index in [1.807, 2.05) is 19.0 Å². The molecule has 1 aromatic carbocycles. The van der Waals surface area contributed by atoms with Crippen molar-refractivity contribution in [3.8, 4) is 0 Å². The number of amides is 3. The Bertz CT molecular complexity index is 531. The van der Waals surface area contributed by atoms with Gasteiger partial charge in [0.1, 0.15) is 0 Å². The minimum atomic E-state index is -0.366. The molecule has 1 heterocycles. The third-order valence-electron chi connectivity index (χ3n) is 3.13. The minimum Gasteiger partial charge on any atom is -0.337 e. The molecule has 1 aliphatic rings. The average Bonchev–Trinajstić information content (AvgIpc) is 2.69. The van der Waals surface area contributed by atoms with Crippen LogP contribution in [0.15, 0.2) is 18.2 Å². The molecule has 0 unspecified atom stereocenters. The van der Waals surface area contributed by atoms with Gasteiger partial charge in [0, 0.05) is 11.6 Å². The van der Waals surface area contributed by atoms with Crippen LogP contribution in [0.4, 0.5) is 10.5 Å². The Morgan fingerprint density at radius 1 is 1.45 bits per heavy atom. The van der Waals surface area contributed by atoms with Gasteiger partial charge in [0.15, 0.2) is 0 Å². The normalized spacial score (nSPS) is 13.8. The van der Waals surface area contributed by atoms with Crippen LogP contribution in [-0.2, 0) is 11.2 Å². The summed E-state index contributed by atoms with van der Waals surface area (Å²) in [4.78, 5) is 27.3. The van der Waals surface area contributed by atoms with E-state index in [0.717, 1.165) is 18.5 Å². The quantitative estimate of drug-likeness (QED) is 0.863. The summed E-state index contributed by atoms with van der Waals surface area (Å²) in [5, 5.41) is 3.35.